The fourth-order valence-electron chi connectivity index (χ4n) is 2.84. The first-order chi connectivity index (χ1) is 12.5. The van der Waals surface area contributed by atoms with Crippen molar-refractivity contribution >= 4 is 46.2 Å². The maximum Gasteiger partial charge on any atom is 0.308 e. The van der Waals surface area contributed by atoms with E-state index in [2.05, 4.69) is 5.32 Å². The van der Waals surface area contributed by atoms with Crippen LogP contribution in [-0.2, 0) is 20.4 Å². The summed E-state index contributed by atoms with van der Waals surface area (Å²) in [5.74, 6) is -0.0832. The minimum Gasteiger partial charge on any atom is -0.427 e. The van der Waals surface area contributed by atoms with Crippen LogP contribution < -0.4 is 15.0 Å². The van der Waals surface area contributed by atoms with Crippen molar-refractivity contribution in [3.05, 3.63) is 41.4 Å². The van der Waals surface area contributed by atoms with Gasteiger partial charge in [-0.05, 0) is 42.8 Å². The van der Waals surface area contributed by atoms with E-state index < -0.39 is 16.8 Å². The number of hydrogen-bond acceptors (Lipinski definition) is 5. The van der Waals surface area contributed by atoms with E-state index in [1.165, 1.54) is 6.92 Å². The maximum absolute atomic E-state index is 13.0. The molecule has 0 aliphatic carbocycles. The zero-order chi connectivity index (χ0) is 18.7. The Morgan fingerprint density at radius 1 is 1.23 bits per heavy atom. The predicted molar refractivity (Wildman–Crippen MR) is 99.6 cm³/mol. The van der Waals surface area contributed by atoms with Gasteiger partial charge in [0, 0.05) is 25.0 Å². The van der Waals surface area contributed by atoms with Crippen LogP contribution in [0.2, 0.25) is 5.02 Å². The molecule has 1 amide bonds. The lowest BCUT2D eigenvalue weighted by molar-refractivity contribution is -0.131. The van der Waals surface area contributed by atoms with E-state index >= 15 is 0 Å². The Bertz CT molecular complexity index is 887. The molecule has 1 aliphatic heterocycles. The van der Waals surface area contributed by atoms with Crippen molar-refractivity contribution in [3.63, 3.8) is 0 Å². The standard InChI is InChI=1S/C18H17ClN2O4S/c1-12(23)25-14-4-5-15-18(10-14)26(24)17-6-3-13(19)9-16(17)21(15)8-2-7-20-11-22/h3-6,9-11H,2,7-8H2,1H3,(H,20,22). The maximum atomic E-state index is 13.0. The lowest BCUT2D eigenvalue weighted by atomic mass is 10.2. The second-order valence-electron chi connectivity index (χ2n) is 5.68. The van der Waals surface area contributed by atoms with Crippen LogP contribution in [-0.4, -0.2) is 29.7 Å². The molecule has 1 aliphatic rings. The average molecular weight is 393 g/mol. The quantitative estimate of drug-likeness (QED) is 0.354. The smallest absolute Gasteiger partial charge is 0.308 e. The number of halogens is 1. The fourth-order valence-corrected chi connectivity index (χ4v) is 4.39. The molecule has 8 heteroatoms. The Labute approximate surface area is 158 Å². The summed E-state index contributed by atoms with van der Waals surface area (Å²) in [5.41, 5.74) is 1.54. The fraction of sp³-hybridized carbons (Fsp3) is 0.222. The van der Waals surface area contributed by atoms with Crippen molar-refractivity contribution in [3.8, 4) is 5.75 Å². The van der Waals surface area contributed by atoms with Crippen LogP contribution in [0.3, 0.4) is 0 Å². The van der Waals surface area contributed by atoms with E-state index in [1.807, 2.05) is 4.90 Å². The van der Waals surface area contributed by atoms with Crippen LogP contribution in [0.25, 0.3) is 0 Å². The van der Waals surface area contributed by atoms with E-state index in [9.17, 15) is 13.8 Å². The van der Waals surface area contributed by atoms with Crippen molar-refractivity contribution in [1.82, 2.24) is 5.32 Å². The molecule has 3 rings (SSSR count). The molecule has 0 saturated carbocycles. The van der Waals surface area contributed by atoms with Gasteiger partial charge in [0.2, 0.25) is 6.41 Å². The minimum absolute atomic E-state index is 0.351. The highest BCUT2D eigenvalue weighted by Crippen LogP contribution is 2.44. The molecule has 26 heavy (non-hydrogen) atoms. The lowest BCUT2D eigenvalue weighted by Crippen LogP contribution is -2.27. The number of hydrogen-bond donors (Lipinski definition) is 1. The van der Waals surface area contributed by atoms with Gasteiger partial charge in [-0.3, -0.25) is 9.59 Å². The molecule has 6 nitrogen and oxygen atoms in total. The number of anilines is 2. The van der Waals surface area contributed by atoms with Crippen LogP contribution in [0.4, 0.5) is 11.4 Å². The summed E-state index contributed by atoms with van der Waals surface area (Å²) in [6.45, 7) is 2.45. The van der Waals surface area contributed by atoms with Gasteiger partial charge in [0.25, 0.3) is 0 Å². The molecule has 1 heterocycles. The molecule has 1 unspecified atom stereocenters. The number of ether oxygens (including phenoxy) is 1. The van der Waals surface area contributed by atoms with Crippen LogP contribution in [0, 0.1) is 0 Å². The third-order valence-corrected chi connectivity index (χ3v) is 5.59. The molecule has 0 spiro atoms. The first kappa shape index (κ1) is 18.4. The Morgan fingerprint density at radius 3 is 2.77 bits per heavy atom. The summed E-state index contributed by atoms with van der Waals surface area (Å²) in [6.07, 6.45) is 1.36. The van der Waals surface area contributed by atoms with Gasteiger partial charge in [-0.15, -0.1) is 0 Å². The molecule has 1 N–H and O–H groups in total. The van der Waals surface area contributed by atoms with E-state index in [0.29, 0.717) is 46.5 Å². The highest BCUT2D eigenvalue weighted by molar-refractivity contribution is 7.85. The van der Waals surface area contributed by atoms with Crippen molar-refractivity contribution in [2.45, 2.75) is 23.1 Å². The number of nitrogens with zero attached hydrogens (tertiary/aromatic N) is 1. The SMILES string of the molecule is CC(=O)Oc1ccc2c(c1)S(=O)c1ccc(Cl)cc1N2CCCNC=O. The number of nitrogens with one attached hydrogen (secondary N) is 1. The Kier molecular flexibility index (Phi) is 5.58. The summed E-state index contributed by atoms with van der Waals surface area (Å²) in [4.78, 5) is 24.9. The molecule has 0 fully saturated rings. The molecule has 0 aromatic heterocycles. The molecule has 0 saturated heterocycles. The second-order valence-corrected chi connectivity index (χ2v) is 7.53. The predicted octanol–water partition coefficient (Wildman–Crippen LogP) is 3.02. The number of carbonyl (C=O) groups is 2. The number of amides is 1. The Balaban J connectivity index is 2.02. The highest BCUT2D eigenvalue weighted by Gasteiger charge is 2.28. The second kappa shape index (κ2) is 7.88. The first-order valence-corrected chi connectivity index (χ1v) is 9.52. The molecular weight excluding hydrogens is 376 g/mol. The number of fused-ring (bicyclic) bond motifs is 2. The van der Waals surface area contributed by atoms with Gasteiger partial charge in [-0.1, -0.05) is 11.6 Å². The van der Waals surface area contributed by atoms with Gasteiger partial charge < -0.3 is 15.0 Å². The van der Waals surface area contributed by atoms with E-state index in [-0.39, 0.29) is 0 Å². The van der Waals surface area contributed by atoms with Crippen LogP contribution >= 0.6 is 11.6 Å². The molecule has 2 aromatic rings. The summed E-state index contributed by atoms with van der Waals surface area (Å²) in [7, 11) is -1.42. The molecule has 136 valence electrons. The zero-order valence-corrected chi connectivity index (χ0v) is 15.6. The minimum atomic E-state index is -1.42. The zero-order valence-electron chi connectivity index (χ0n) is 14.0. The summed E-state index contributed by atoms with van der Waals surface area (Å²) in [6, 6.07) is 10.3. The molecule has 0 radical (unpaired) electrons. The number of benzene rings is 2. The third kappa shape index (κ3) is 3.73. The van der Waals surface area contributed by atoms with E-state index in [1.54, 1.807) is 36.4 Å². The highest BCUT2D eigenvalue weighted by atomic mass is 35.5. The molecular formula is C18H17ClN2O4S. The van der Waals surface area contributed by atoms with Crippen LogP contribution in [0.15, 0.2) is 46.2 Å². The van der Waals surface area contributed by atoms with Crippen LogP contribution in [0.1, 0.15) is 13.3 Å². The molecule has 1 atom stereocenters. The van der Waals surface area contributed by atoms with Gasteiger partial charge in [-0.25, -0.2) is 4.21 Å². The first-order valence-electron chi connectivity index (χ1n) is 7.99. The summed E-state index contributed by atoms with van der Waals surface area (Å²) >= 11 is 6.14. The van der Waals surface area contributed by atoms with Gasteiger partial charge in [0.15, 0.2) is 0 Å². The Morgan fingerprint density at radius 2 is 2.04 bits per heavy atom. The van der Waals surface area contributed by atoms with Gasteiger partial charge in [-0.2, -0.15) is 0 Å². The van der Waals surface area contributed by atoms with Gasteiger partial charge in [0.05, 0.1) is 32.0 Å². The largest absolute Gasteiger partial charge is 0.427 e. The van der Waals surface area contributed by atoms with Crippen molar-refractivity contribution in [2.75, 3.05) is 18.0 Å². The molecule has 0 bridgehead atoms. The summed E-state index contributed by atoms with van der Waals surface area (Å²) < 4.78 is 18.1. The van der Waals surface area contributed by atoms with Gasteiger partial charge in [0.1, 0.15) is 5.75 Å². The van der Waals surface area contributed by atoms with Crippen molar-refractivity contribution in [2.24, 2.45) is 0 Å². The normalized spacial score (nSPS) is 15.0. The Hall–Kier alpha value is -2.38. The average Bonchev–Trinajstić information content (AvgIpc) is 2.60. The number of rotatable bonds is 6. The van der Waals surface area contributed by atoms with Crippen molar-refractivity contribution < 1.29 is 18.5 Å². The lowest BCUT2D eigenvalue weighted by Gasteiger charge is -2.33. The summed E-state index contributed by atoms with van der Waals surface area (Å²) in [5, 5.41) is 3.19. The number of carbonyl (C=O) groups excluding carboxylic acids is 2. The molecule has 2 aromatic carbocycles. The van der Waals surface area contributed by atoms with Gasteiger partial charge >= 0.3 is 5.97 Å². The van der Waals surface area contributed by atoms with Crippen molar-refractivity contribution in [1.29, 1.82) is 0 Å². The van der Waals surface area contributed by atoms with E-state index in [0.717, 1.165) is 11.4 Å². The third-order valence-electron chi connectivity index (χ3n) is 3.88. The monoisotopic (exact) mass is 392 g/mol. The number of esters is 1. The van der Waals surface area contributed by atoms with Crippen LogP contribution in [0.5, 0.6) is 5.75 Å². The topological polar surface area (TPSA) is 75.7 Å². The van der Waals surface area contributed by atoms with E-state index in [4.69, 9.17) is 16.3 Å².